The highest BCUT2D eigenvalue weighted by Gasteiger charge is 2.39. The molecule has 3 aromatic heterocycles. The molecule has 1 unspecified atom stereocenters. The number of hydrogen-bond acceptors (Lipinski definition) is 16. The van der Waals surface area contributed by atoms with Crippen LogP contribution in [0.5, 0.6) is 0 Å². The summed E-state index contributed by atoms with van der Waals surface area (Å²) in [7, 11) is 0. The van der Waals surface area contributed by atoms with Crippen molar-refractivity contribution >= 4 is 39.8 Å². The highest BCUT2D eigenvalue weighted by atomic mass is 16.4. The molecule has 0 spiro atoms. The van der Waals surface area contributed by atoms with Crippen LogP contribution >= 0.6 is 0 Å². The second kappa shape index (κ2) is 18.9. The van der Waals surface area contributed by atoms with E-state index < -0.39 is 87.1 Å². The number of fused-ring (bicyclic) bond motifs is 2. The SMILES string of the molecule is CCn1c(CNC(=O)c2nc3cc[nH]c3nc2N)[n+](CC)c2ccc(C(=O)N3CC[C@@H](N(CC(O)[C@@H](O)[C@H](O)[C@H](O)CO)C[C@H](O)[C@@H](O)[C@H](O)[C@H](O)CO)C3)cc21. The number of hydrogen-bond donors (Lipinski definition) is 13. The molecule has 9 atom stereocenters. The maximum Gasteiger partial charge on any atom is 0.277 e. The van der Waals surface area contributed by atoms with Crippen LogP contribution < -0.4 is 15.6 Å². The van der Waals surface area contributed by atoms with E-state index in [-0.39, 0.29) is 37.1 Å². The van der Waals surface area contributed by atoms with Crippen LogP contribution in [-0.2, 0) is 19.6 Å². The van der Waals surface area contributed by atoms with Crippen LogP contribution in [0.25, 0.3) is 22.2 Å². The molecule has 4 heterocycles. The van der Waals surface area contributed by atoms with E-state index in [1.165, 1.54) is 4.90 Å². The van der Waals surface area contributed by atoms with Crippen molar-refractivity contribution in [1.29, 1.82) is 0 Å². The fourth-order valence-electron chi connectivity index (χ4n) is 7.32. The minimum absolute atomic E-state index is 0.00720. The van der Waals surface area contributed by atoms with Crippen molar-refractivity contribution in [3.05, 3.63) is 47.5 Å². The van der Waals surface area contributed by atoms with Gasteiger partial charge >= 0.3 is 0 Å². The lowest BCUT2D eigenvalue weighted by Gasteiger charge is -2.36. The number of aliphatic hydroxyl groups excluding tert-OH is 10. The number of nitrogen functional groups attached to an aromatic ring is 1. The second-order valence-electron chi connectivity index (χ2n) is 14.2. The van der Waals surface area contributed by atoms with E-state index in [4.69, 9.17) is 5.73 Å². The molecule has 14 N–H and O–H groups in total. The number of aliphatic hydroxyl groups is 10. The van der Waals surface area contributed by atoms with Gasteiger partial charge in [-0.25, -0.2) is 19.1 Å². The number of aromatic nitrogens is 5. The molecule has 5 rings (SSSR count). The number of rotatable bonds is 19. The Bertz CT molecular complexity index is 1960. The number of likely N-dealkylation sites (tertiary alicyclic amines) is 1. The van der Waals surface area contributed by atoms with Crippen molar-refractivity contribution in [3.63, 3.8) is 0 Å². The number of imidazole rings is 1. The minimum Gasteiger partial charge on any atom is -0.394 e. The van der Waals surface area contributed by atoms with Crippen LogP contribution in [0, 0.1) is 0 Å². The molecule has 0 bridgehead atoms. The Morgan fingerprint density at radius 2 is 1.54 bits per heavy atom. The molecule has 314 valence electrons. The molecule has 1 saturated heterocycles. The van der Waals surface area contributed by atoms with Crippen LogP contribution in [-0.4, -0.2) is 186 Å². The van der Waals surface area contributed by atoms with E-state index in [0.29, 0.717) is 36.2 Å². The summed E-state index contributed by atoms with van der Waals surface area (Å²) in [5.41, 5.74) is 8.89. The van der Waals surface area contributed by atoms with Gasteiger partial charge in [-0.05, 0) is 38.5 Å². The fourth-order valence-corrected chi connectivity index (χ4v) is 7.32. The van der Waals surface area contributed by atoms with E-state index in [9.17, 15) is 60.7 Å². The summed E-state index contributed by atoms with van der Waals surface area (Å²) in [6.07, 6.45) is -12.8. The first kappa shape index (κ1) is 43.7. The van der Waals surface area contributed by atoms with Crippen molar-refractivity contribution in [2.24, 2.45) is 0 Å². The average molecular weight is 805 g/mol. The highest BCUT2D eigenvalue weighted by Crippen LogP contribution is 2.24. The van der Waals surface area contributed by atoms with Crippen LogP contribution in [0.4, 0.5) is 5.82 Å². The molecular weight excluding hydrogens is 750 g/mol. The zero-order valence-electron chi connectivity index (χ0n) is 31.7. The van der Waals surface area contributed by atoms with E-state index >= 15 is 0 Å². The van der Waals surface area contributed by atoms with Gasteiger partial charge in [0.25, 0.3) is 17.6 Å². The van der Waals surface area contributed by atoms with Crippen molar-refractivity contribution < 1.29 is 65.2 Å². The lowest BCUT2D eigenvalue weighted by molar-refractivity contribution is -0.676. The van der Waals surface area contributed by atoms with Gasteiger partial charge in [0.15, 0.2) is 28.2 Å². The van der Waals surface area contributed by atoms with Crippen LogP contribution in [0.3, 0.4) is 0 Å². The topological polar surface area (TPSA) is 331 Å². The summed E-state index contributed by atoms with van der Waals surface area (Å²) in [5, 5.41) is 104. The first-order valence-electron chi connectivity index (χ1n) is 18.8. The van der Waals surface area contributed by atoms with Gasteiger partial charge in [0.1, 0.15) is 48.7 Å². The molecule has 21 nitrogen and oxygen atoms in total. The molecule has 0 aliphatic carbocycles. The normalized spacial score (nSPS) is 19.1. The van der Waals surface area contributed by atoms with Crippen molar-refractivity contribution in [1.82, 2.24) is 34.6 Å². The Kier molecular flexibility index (Phi) is 14.5. The maximum absolute atomic E-state index is 14.0. The van der Waals surface area contributed by atoms with Gasteiger partial charge in [0.2, 0.25) is 0 Å². The Hall–Kier alpha value is -4.39. The predicted molar refractivity (Wildman–Crippen MR) is 201 cm³/mol. The number of carbonyl (C=O) groups excluding carboxylic acids is 2. The summed E-state index contributed by atoms with van der Waals surface area (Å²) in [6, 6.07) is 6.36. The summed E-state index contributed by atoms with van der Waals surface area (Å²) < 4.78 is 4.01. The third-order valence-electron chi connectivity index (χ3n) is 10.6. The number of carbonyl (C=O) groups is 2. The standard InChI is InChI=1S/C36H53N9O12/c1-3-44-21-6-5-18(11-22(21)45(4-2)27(44)12-39-35(56)28-33(37)41-34-20(40-28)7-9-38-34)36(57)42-10-8-19(13-42)43(14-23(48)29(52)31(54)25(50)16-46)15-24(49)30(53)32(55)26(51)17-47/h5-7,9,11,19,23-26,29-32,46-55H,3-4,8,10,12-17H2,1-2H3,(H3-,37,38,39,40,41,56)/p+1/t19-,23+,24?,25-,26-,29-,30-,31-,32-/m1/s1. The average Bonchev–Trinajstić information content (AvgIpc) is 3.97. The monoisotopic (exact) mass is 804 g/mol. The Balaban J connectivity index is 1.35. The summed E-state index contributed by atoms with van der Waals surface area (Å²) in [5.74, 6) is -0.101. The van der Waals surface area contributed by atoms with Gasteiger partial charge in [-0.1, -0.05) is 0 Å². The summed E-state index contributed by atoms with van der Waals surface area (Å²) >= 11 is 0. The lowest BCUT2D eigenvalue weighted by Crippen LogP contribution is -2.55. The van der Waals surface area contributed by atoms with Crippen LogP contribution in [0.2, 0.25) is 0 Å². The number of H-pyrrole nitrogens is 1. The quantitative estimate of drug-likeness (QED) is 0.0395. The highest BCUT2D eigenvalue weighted by molar-refractivity contribution is 5.98. The number of benzene rings is 1. The summed E-state index contributed by atoms with van der Waals surface area (Å²) in [6.45, 7) is 2.67. The van der Waals surface area contributed by atoms with Crippen molar-refractivity contribution in [2.45, 2.75) is 94.8 Å². The van der Waals surface area contributed by atoms with E-state index in [1.807, 2.05) is 29.0 Å². The molecule has 4 aromatic rings. The van der Waals surface area contributed by atoms with Gasteiger partial charge in [0, 0.05) is 50.0 Å². The Labute approximate surface area is 326 Å². The van der Waals surface area contributed by atoms with E-state index in [1.54, 1.807) is 29.3 Å². The molecule has 2 amide bonds. The first-order chi connectivity index (χ1) is 27.1. The molecule has 0 saturated carbocycles. The number of nitrogens with one attached hydrogen (secondary N) is 2. The van der Waals surface area contributed by atoms with Gasteiger partial charge in [-0.15, -0.1) is 0 Å². The lowest BCUT2D eigenvalue weighted by atomic mass is 10.00. The maximum atomic E-state index is 14.0. The molecule has 1 aliphatic rings. The Morgan fingerprint density at radius 1 is 0.930 bits per heavy atom. The first-order valence-corrected chi connectivity index (χ1v) is 18.8. The van der Waals surface area contributed by atoms with Gasteiger partial charge in [0.05, 0.1) is 38.5 Å². The minimum atomic E-state index is -1.94. The van der Waals surface area contributed by atoms with Gasteiger partial charge in [-0.2, -0.15) is 0 Å². The van der Waals surface area contributed by atoms with E-state index in [0.717, 1.165) is 16.9 Å². The molecule has 21 heteroatoms. The smallest absolute Gasteiger partial charge is 0.277 e. The second-order valence-corrected chi connectivity index (χ2v) is 14.2. The Morgan fingerprint density at radius 3 is 2.12 bits per heavy atom. The van der Waals surface area contributed by atoms with Gasteiger partial charge < -0.3 is 72.0 Å². The number of aromatic amines is 1. The zero-order valence-corrected chi connectivity index (χ0v) is 31.7. The van der Waals surface area contributed by atoms with Crippen molar-refractivity contribution in [3.8, 4) is 0 Å². The molecule has 0 radical (unpaired) electrons. The van der Waals surface area contributed by atoms with Crippen LogP contribution in [0.1, 0.15) is 46.9 Å². The molecule has 1 aliphatic heterocycles. The number of nitrogens with two attached hydrogens (primary N) is 1. The summed E-state index contributed by atoms with van der Waals surface area (Å²) in [4.78, 5) is 41.7. The van der Waals surface area contributed by atoms with E-state index in [2.05, 4.69) is 20.3 Å². The largest absolute Gasteiger partial charge is 0.394 e. The molecule has 1 fully saturated rings. The number of nitrogens with zero attached hydrogens (tertiary/aromatic N) is 6. The molecular formula is C36H54N9O12+. The van der Waals surface area contributed by atoms with Crippen molar-refractivity contribution in [2.75, 3.05) is 45.1 Å². The zero-order chi connectivity index (χ0) is 41.7. The third kappa shape index (κ3) is 9.34. The van der Waals surface area contributed by atoms with Gasteiger partial charge in [-0.3, -0.25) is 14.5 Å². The molecule has 1 aromatic carbocycles. The predicted octanol–water partition coefficient (Wildman–Crippen LogP) is -4.86. The number of aryl methyl sites for hydroxylation is 2. The third-order valence-corrected chi connectivity index (χ3v) is 10.6. The molecule has 57 heavy (non-hydrogen) atoms. The number of amides is 2. The fraction of sp³-hybridized carbons (Fsp3) is 0.583. The van der Waals surface area contributed by atoms with Crippen LogP contribution in [0.15, 0.2) is 30.5 Å². The number of anilines is 1.